The van der Waals surface area contributed by atoms with Crippen LogP contribution in [0.1, 0.15) is 18.9 Å². The molecule has 0 bridgehead atoms. The molecule has 11 heteroatoms. The number of aliphatic hydroxyl groups excluding tert-OH is 1. The van der Waals surface area contributed by atoms with Crippen LogP contribution in [0.5, 0.6) is 5.75 Å². The fourth-order valence-corrected chi connectivity index (χ4v) is 3.37. The Balaban J connectivity index is 1.52. The molecule has 3 amide bonds. The molecule has 1 heterocycles. The number of rotatable bonds is 8. The fraction of sp³-hybridized carbons (Fsp3) is 0.348. The van der Waals surface area contributed by atoms with Crippen LogP contribution in [0.4, 0.5) is 24.5 Å². The van der Waals surface area contributed by atoms with Crippen LogP contribution in [0.15, 0.2) is 48.5 Å². The molecular weight excluding hydrogens is 455 g/mol. The van der Waals surface area contributed by atoms with Crippen molar-refractivity contribution in [3.63, 3.8) is 0 Å². The van der Waals surface area contributed by atoms with Gasteiger partial charge in [0.15, 0.2) is 6.61 Å². The molecule has 8 nitrogen and oxygen atoms in total. The molecule has 0 aromatic heterocycles. The van der Waals surface area contributed by atoms with Crippen LogP contribution in [0, 0.1) is 5.92 Å². The van der Waals surface area contributed by atoms with Crippen LogP contribution in [-0.4, -0.2) is 48.6 Å². The van der Waals surface area contributed by atoms with Crippen LogP contribution >= 0.6 is 0 Å². The van der Waals surface area contributed by atoms with Crippen LogP contribution in [0.2, 0.25) is 0 Å². The Labute approximate surface area is 193 Å². The summed E-state index contributed by atoms with van der Waals surface area (Å²) in [5.41, 5.74) is -0.323. The first-order valence-corrected chi connectivity index (χ1v) is 10.5. The van der Waals surface area contributed by atoms with E-state index in [4.69, 9.17) is 4.74 Å². The molecule has 2 aromatic carbocycles. The number of carbonyl (C=O) groups is 3. The molecule has 0 saturated carbocycles. The molecule has 3 N–H and O–H groups in total. The zero-order valence-corrected chi connectivity index (χ0v) is 18.3. The predicted molar refractivity (Wildman–Crippen MR) is 117 cm³/mol. The smallest absolute Gasteiger partial charge is 0.416 e. The minimum absolute atomic E-state index is 0.00152. The summed E-state index contributed by atoms with van der Waals surface area (Å²) in [5.74, 6) is -1.36. The highest BCUT2D eigenvalue weighted by Gasteiger charge is 2.35. The lowest BCUT2D eigenvalue weighted by molar-refractivity contribution is -0.137. The minimum atomic E-state index is -4.52. The normalized spacial score (nSPS) is 16.8. The summed E-state index contributed by atoms with van der Waals surface area (Å²) in [6.45, 7) is 1.43. The maximum Gasteiger partial charge on any atom is 0.416 e. The number of benzene rings is 2. The van der Waals surface area contributed by atoms with Gasteiger partial charge in [0, 0.05) is 30.9 Å². The zero-order valence-electron chi connectivity index (χ0n) is 18.3. The monoisotopic (exact) mass is 479 g/mol. The number of anilines is 2. The molecule has 34 heavy (non-hydrogen) atoms. The molecule has 0 aliphatic carbocycles. The Morgan fingerprint density at radius 3 is 2.56 bits per heavy atom. The van der Waals surface area contributed by atoms with E-state index >= 15 is 0 Å². The molecule has 0 unspecified atom stereocenters. The van der Waals surface area contributed by atoms with Gasteiger partial charge in [-0.1, -0.05) is 6.07 Å². The van der Waals surface area contributed by atoms with Crippen molar-refractivity contribution in [3.05, 3.63) is 54.1 Å². The van der Waals surface area contributed by atoms with Crippen molar-refractivity contribution in [3.8, 4) is 5.75 Å². The van der Waals surface area contributed by atoms with Gasteiger partial charge >= 0.3 is 6.18 Å². The first kappa shape index (κ1) is 25.0. The summed E-state index contributed by atoms with van der Waals surface area (Å²) in [7, 11) is 0. The van der Waals surface area contributed by atoms with Gasteiger partial charge in [-0.25, -0.2) is 0 Å². The van der Waals surface area contributed by atoms with E-state index in [9.17, 15) is 32.7 Å². The van der Waals surface area contributed by atoms with Gasteiger partial charge in [-0.2, -0.15) is 13.2 Å². The van der Waals surface area contributed by atoms with Crippen molar-refractivity contribution in [2.45, 2.75) is 25.6 Å². The molecule has 1 saturated heterocycles. The Bertz CT molecular complexity index is 1040. The Morgan fingerprint density at radius 1 is 1.21 bits per heavy atom. The summed E-state index contributed by atoms with van der Waals surface area (Å²) in [6, 6.07) is 10.6. The van der Waals surface area contributed by atoms with Crippen molar-refractivity contribution < 1.29 is 37.4 Å². The second-order valence-electron chi connectivity index (χ2n) is 7.91. The number of halogens is 3. The number of nitrogens with one attached hydrogen (secondary N) is 2. The van der Waals surface area contributed by atoms with E-state index in [1.807, 2.05) is 0 Å². The van der Waals surface area contributed by atoms with Crippen LogP contribution < -0.4 is 20.3 Å². The number of aliphatic hydroxyl groups is 1. The van der Waals surface area contributed by atoms with Gasteiger partial charge in [0.25, 0.3) is 5.91 Å². The SMILES string of the molecule is C[C@H](O)CNC(=O)[C@@H]1CC(=O)N(c2ccc(OCC(=O)Nc3cccc(C(F)(F)F)c3)cc2)C1. The second kappa shape index (κ2) is 10.6. The minimum Gasteiger partial charge on any atom is -0.484 e. The number of hydrogen-bond acceptors (Lipinski definition) is 5. The van der Waals surface area contributed by atoms with Crippen molar-refractivity contribution in [2.24, 2.45) is 5.92 Å². The Morgan fingerprint density at radius 2 is 1.91 bits per heavy atom. The average Bonchev–Trinajstić information content (AvgIpc) is 3.17. The number of alkyl halides is 3. The van der Waals surface area contributed by atoms with E-state index in [0.29, 0.717) is 11.4 Å². The zero-order chi connectivity index (χ0) is 24.9. The summed E-state index contributed by atoms with van der Waals surface area (Å²) in [5, 5.41) is 14.2. The van der Waals surface area contributed by atoms with Crippen molar-refractivity contribution in [2.75, 3.05) is 29.9 Å². The maximum atomic E-state index is 12.8. The van der Waals surface area contributed by atoms with E-state index in [2.05, 4.69) is 10.6 Å². The lowest BCUT2D eigenvalue weighted by atomic mass is 10.1. The lowest BCUT2D eigenvalue weighted by Crippen LogP contribution is -2.36. The maximum absolute atomic E-state index is 12.8. The fourth-order valence-electron chi connectivity index (χ4n) is 3.37. The van der Waals surface area contributed by atoms with E-state index in [-0.39, 0.29) is 37.0 Å². The molecule has 1 fully saturated rings. The van der Waals surface area contributed by atoms with Gasteiger partial charge in [-0.05, 0) is 49.4 Å². The van der Waals surface area contributed by atoms with Gasteiger partial charge in [0.1, 0.15) is 5.75 Å². The summed E-state index contributed by atoms with van der Waals surface area (Å²) < 4.78 is 43.7. The highest BCUT2D eigenvalue weighted by atomic mass is 19.4. The topological polar surface area (TPSA) is 108 Å². The lowest BCUT2D eigenvalue weighted by Gasteiger charge is -2.17. The standard InChI is InChI=1S/C23H24F3N3O5/c1-14(30)11-27-22(33)15-9-21(32)29(12-15)18-5-7-19(8-6-18)34-13-20(31)28-17-4-2-3-16(10-17)23(24,25)26/h2-8,10,14-15,30H,9,11-13H2,1H3,(H,27,33)(H,28,31)/t14-,15+/m0/s1. The molecule has 3 rings (SSSR count). The second-order valence-corrected chi connectivity index (χ2v) is 7.91. The predicted octanol–water partition coefficient (Wildman–Crippen LogP) is 2.57. The Kier molecular flexibility index (Phi) is 7.77. The molecule has 182 valence electrons. The van der Waals surface area contributed by atoms with Crippen molar-refractivity contribution >= 4 is 29.1 Å². The van der Waals surface area contributed by atoms with Crippen LogP contribution in [-0.2, 0) is 20.6 Å². The van der Waals surface area contributed by atoms with Crippen molar-refractivity contribution in [1.29, 1.82) is 0 Å². The first-order valence-electron chi connectivity index (χ1n) is 10.5. The number of hydrogen-bond donors (Lipinski definition) is 3. The molecule has 1 aliphatic heterocycles. The van der Waals surface area contributed by atoms with E-state index < -0.39 is 36.3 Å². The summed E-state index contributed by atoms with van der Waals surface area (Å²) in [6.07, 6.45) is -5.14. The van der Waals surface area contributed by atoms with E-state index in [0.717, 1.165) is 12.1 Å². The van der Waals surface area contributed by atoms with Crippen LogP contribution in [0.3, 0.4) is 0 Å². The number of ether oxygens (including phenoxy) is 1. The first-order chi connectivity index (χ1) is 16.0. The van der Waals surface area contributed by atoms with Gasteiger partial charge < -0.3 is 25.4 Å². The van der Waals surface area contributed by atoms with Crippen molar-refractivity contribution in [1.82, 2.24) is 5.32 Å². The molecule has 0 radical (unpaired) electrons. The van der Waals surface area contributed by atoms with Gasteiger partial charge in [-0.3, -0.25) is 14.4 Å². The van der Waals surface area contributed by atoms with Gasteiger partial charge in [0.2, 0.25) is 11.8 Å². The summed E-state index contributed by atoms with van der Waals surface area (Å²) >= 11 is 0. The molecule has 2 atom stereocenters. The average molecular weight is 479 g/mol. The Hall–Kier alpha value is -3.60. The number of amides is 3. The third kappa shape index (κ3) is 6.70. The third-order valence-corrected chi connectivity index (χ3v) is 5.06. The number of nitrogens with zero attached hydrogens (tertiary/aromatic N) is 1. The molecule has 2 aromatic rings. The third-order valence-electron chi connectivity index (χ3n) is 5.06. The van der Waals surface area contributed by atoms with E-state index in [1.54, 1.807) is 31.2 Å². The van der Waals surface area contributed by atoms with Crippen LogP contribution in [0.25, 0.3) is 0 Å². The van der Waals surface area contributed by atoms with E-state index in [1.165, 1.54) is 17.0 Å². The molecule has 0 spiro atoms. The molecular formula is C23H24F3N3O5. The quantitative estimate of drug-likeness (QED) is 0.540. The highest BCUT2D eigenvalue weighted by Crippen LogP contribution is 2.31. The highest BCUT2D eigenvalue weighted by molar-refractivity contribution is 6.00. The van der Waals surface area contributed by atoms with Gasteiger partial charge in [0.05, 0.1) is 17.6 Å². The largest absolute Gasteiger partial charge is 0.484 e. The summed E-state index contributed by atoms with van der Waals surface area (Å²) in [4.78, 5) is 38.0. The number of carbonyl (C=O) groups excluding carboxylic acids is 3. The van der Waals surface area contributed by atoms with Gasteiger partial charge in [-0.15, -0.1) is 0 Å². The molecule has 1 aliphatic rings.